The van der Waals surface area contributed by atoms with Crippen molar-refractivity contribution in [2.45, 2.75) is 20.0 Å². The summed E-state index contributed by atoms with van der Waals surface area (Å²) in [6, 6.07) is 12.2. The van der Waals surface area contributed by atoms with Gasteiger partial charge in [-0.15, -0.1) is 0 Å². The van der Waals surface area contributed by atoms with E-state index in [1.807, 2.05) is 38.2 Å². The molecule has 5 heteroatoms. The number of rotatable bonds is 3. The maximum Gasteiger partial charge on any atom is 0.231 e. The highest BCUT2D eigenvalue weighted by Gasteiger charge is 2.18. The zero-order chi connectivity index (χ0) is 18.5. The summed E-state index contributed by atoms with van der Waals surface area (Å²) in [5.74, 6) is 2.97. The Hall–Kier alpha value is -3.21. The molecule has 5 rings (SSSR count). The molecule has 0 aliphatic carbocycles. The molecule has 0 atom stereocenters. The van der Waals surface area contributed by atoms with Crippen LogP contribution >= 0.6 is 0 Å². The predicted octanol–water partition coefficient (Wildman–Crippen LogP) is 5.07. The Balaban J connectivity index is 1.83. The first kappa shape index (κ1) is 16.0. The van der Waals surface area contributed by atoms with Crippen LogP contribution in [-0.4, -0.2) is 25.0 Å². The molecule has 1 aliphatic rings. The number of fused-ring (bicyclic) bond motifs is 6. The summed E-state index contributed by atoms with van der Waals surface area (Å²) in [5, 5.41) is 5.20. The van der Waals surface area contributed by atoms with Crippen LogP contribution in [0.15, 0.2) is 42.6 Å². The summed E-state index contributed by atoms with van der Waals surface area (Å²) in [6.45, 7) is 4.27. The zero-order valence-electron chi connectivity index (χ0n) is 15.4. The Labute approximate surface area is 156 Å². The Bertz CT molecular complexity index is 1200. The van der Waals surface area contributed by atoms with Crippen LogP contribution in [0.5, 0.6) is 23.0 Å². The first-order valence-corrected chi connectivity index (χ1v) is 8.94. The monoisotopic (exact) mass is 361 g/mol. The van der Waals surface area contributed by atoms with Gasteiger partial charge in [0.05, 0.1) is 18.7 Å². The van der Waals surface area contributed by atoms with Gasteiger partial charge in [0.15, 0.2) is 23.0 Å². The van der Waals surface area contributed by atoms with Crippen molar-refractivity contribution in [3.05, 3.63) is 42.6 Å². The van der Waals surface area contributed by atoms with Gasteiger partial charge in [0, 0.05) is 22.4 Å². The van der Waals surface area contributed by atoms with E-state index < -0.39 is 0 Å². The first-order chi connectivity index (χ1) is 13.2. The standard InChI is InChI=1S/C22H19NO4/c1-12(2)27-22-17-10-23-21-15(14(17)6-7-18(22)24-3)5-4-13-8-19-20(9-16(13)21)26-11-25-19/h4-10,12H,11H2,1-3H3. The smallest absolute Gasteiger partial charge is 0.231 e. The molecule has 4 aromatic rings. The van der Waals surface area contributed by atoms with Crippen molar-refractivity contribution in [3.8, 4) is 23.0 Å². The van der Waals surface area contributed by atoms with Crippen LogP contribution < -0.4 is 18.9 Å². The lowest BCUT2D eigenvalue weighted by molar-refractivity contribution is 0.174. The fourth-order valence-corrected chi connectivity index (χ4v) is 3.64. The van der Waals surface area contributed by atoms with E-state index in [4.69, 9.17) is 23.9 Å². The second-order valence-electron chi connectivity index (χ2n) is 6.87. The molecule has 0 N–H and O–H groups in total. The minimum Gasteiger partial charge on any atom is -0.493 e. The average molecular weight is 361 g/mol. The van der Waals surface area contributed by atoms with Gasteiger partial charge in [-0.2, -0.15) is 0 Å². The van der Waals surface area contributed by atoms with Crippen LogP contribution in [0.25, 0.3) is 32.4 Å². The number of benzene rings is 3. The minimum atomic E-state index is 0.0385. The number of nitrogens with zero attached hydrogens (tertiary/aromatic N) is 1. The van der Waals surface area contributed by atoms with Crippen LogP contribution in [0.2, 0.25) is 0 Å². The largest absolute Gasteiger partial charge is 0.493 e. The maximum atomic E-state index is 6.04. The molecule has 0 unspecified atom stereocenters. The third kappa shape index (κ3) is 2.42. The van der Waals surface area contributed by atoms with Crippen molar-refractivity contribution in [1.82, 2.24) is 4.98 Å². The van der Waals surface area contributed by atoms with Crippen LogP contribution in [-0.2, 0) is 0 Å². The predicted molar refractivity (Wildman–Crippen MR) is 105 cm³/mol. The molecule has 5 nitrogen and oxygen atoms in total. The molecular formula is C22H19NO4. The molecular weight excluding hydrogens is 342 g/mol. The van der Waals surface area contributed by atoms with E-state index in [-0.39, 0.29) is 12.9 Å². The van der Waals surface area contributed by atoms with E-state index in [0.29, 0.717) is 5.75 Å². The van der Waals surface area contributed by atoms with Gasteiger partial charge in [-0.25, -0.2) is 0 Å². The van der Waals surface area contributed by atoms with E-state index in [2.05, 4.69) is 18.2 Å². The third-order valence-corrected chi connectivity index (χ3v) is 4.83. The average Bonchev–Trinajstić information content (AvgIpc) is 3.13. The molecule has 0 spiro atoms. The fraction of sp³-hybridized carbons (Fsp3) is 0.227. The van der Waals surface area contributed by atoms with Crippen molar-refractivity contribution in [2.24, 2.45) is 0 Å². The normalized spacial score (nSPS) is 13.0. The molecule has 2 heterocycles. The van der Waals surface area contributed by atoms with Crippen molar-refractivity contribution in [1.29, 1.82) is 0 Å². The van der Waals surface area contributed by atoms with Crippen LogP contribution in [0, 0.1) is 0 Å². The molecule has 136 valence electrons. The molecule has 0 saturated heterocycles. The molecule has 27 heavy (non-hydrogen) atoms. The number of pyridine rings is 1. The van der Waals surface area contributed by atoms with Crippen molar-refractivity contribution >= 4 is 32.4 Å². The second-order valence-corrected chi connectivity index (χ2v) is 6.87. The molecule has 0 radical (unpaired) electrons. The van der Waals surface area contributed by atoms with Crippen LogP contribution in [0.4, 0.5) is 0 Å². The zero-order valence-corrected chi connectivity index (χ0v) is 15.4. The van der Waals surface area contributed by atoms with Crippen molar-refractivity contribution in [2.75, 3.05) is 13.9 Å². The second kappa shape index (κ2) is 5.91. The number of methoxy groups -OCH3 is 1. The molecule has 0 fully saturated rings. The van der Waals surface area contributed by atoms with Crippen molar-refractivity contribution < 1.29 is 18.9 Å². The Morgan fingerprint density at radius 3 is 2.48 bits per heavy atom. The van der Waals surface area contributed by atoms with Gasteiger partial charge in [0.1, 0.15) is 0 Å². The highest BCUT2D eigenvalue weighted by atomic mass is 16.7. The number of hydrogen-bond donors (Lipinski definition) is 0. The molecule has 0 bridgehead atoms. The molecule has 1 aromatic heterocycles. The summed E-state index contributed by atoms with van der Waals surface area (Å²) in [5.41, 5.74) is 0.930. The van der Waals surface area contributed by atoms with Gasteiger partial charge in [-0.05, 0) is 48.9 Å². The van der Waals surface area contributed by atoms with Gasteiger partial charge in [0.2, 0.25) is 6.79 Å². The van der Waals surface area contributed by atoms with Gasteiger partial charge >= 0.3 is 0 Å². The molecule has 0 amide bonds. The van der Waals surface area contributed by atoms with Gasteiger partial charge in [0.25, 0.3) is 0 Å². The highest BCUT2D eigenvalue weighted by Crippen LogP contribution is 2.42. The fourth-order valence-electron chi connectivity index (χ4n) is 3.64. The van der Waals surface area contributed by atoms with E-state index in [9.17, 15) is 0 Å². The van der Waals surface area contributed by atoms with Gasteiger partial charge in [-0.3, -0.25) is 4.98 Å². The van der Waals surface area contributed by atoms with Gasteiger partial charge < -0.3 is 18.9 Å². The number of aromatic nitrogens is 1. The summed E-state index contributed by atoms with van der Waals surface area (Å²) >= 11 is 0. The lowest BCUT2D eigenvalue weighted by Crippen LogP contribution is -2.07. The van der Waals surface area contributed by atoms with E-state index >= 15 is 0 Å². The minimum absolute atomic E-state index is 0.0385. The summed E-state index contributed by atoms with van der Waals surface area (Å²) < 4.78 is 22.6. The highest BCUT2D eigenvalue weighted by molar-refractivity contribution is 6.16. The van der Waals surface area contributed by atoms with Crippen LogP contribution in [0.1, 0.15) is 13.8 Å². The topological polar surface area (TPSA) is 49.8 Å². The molecule has 3 aromatic carbocycles. The SMILES string of the molecule is COc1ccc2c(cnc3c4cc5c(cc4ccc23)OCO5)c1OC(C)C. The quantitative estimate of drug-likeness (QED) is 0.477. The van der Waals surface area contributed by atoms with Crippen LogP contribution in [0.3, 0.4) is 0 Å². The van der Waals surface area contributed by atoms with E-state index in [1.165, 1.54) is 0 Å². The van der Waals surface area contributed by atoms with E-state index in [1.54, 1.807) is 7.11 Å². The Morgan fingerprint density at radius 1 is 0.926 bits per heavy atom. The Kier molecular flexibility index (Phi) is 3.50. The van der Waals surface area contributed by atoms with Gasteiger partial charge in [-0.1, -0.05) is 12.1 Å². The lowest BCUT2D eigenvalue weighted by atomic mass is 10.0. The summed E-state index contributed by atoms with van der Waals surface area (Å²) in [6.07, 6.45) is 1.90. The molecule has 1 aliphatic heterocycles. The summed E-state index contributed by atoms with van der Waals surface area (Å²) in [4.78, 5) is 4.77. The third-order valence-electron chi connectivity index (χ3n) is 4.83. The number of ether oxygens (including phenoxy) is 4. The lowest BCUT2D eigenvalue weighted by Gasteiger charge is -2.17. The van der Waals surface area contributed by atoms with E-state index in [0.717, 1.165) is 49.7 Å². The Morgan fingerprint density at radius 2 is 1.70 bits per heavy atom. The summed E-state index contributed by atoms with van der Waals surface area (Å²) in [7, 11) is 1.65. The number of hydrogen-bond acceptors (Lipinski definition) is 5. The molecule has 0 saturated carbocycles. The first-order valence-electron chi connectivity index (χ1n) is 8.94. The maximum absolute atomic E-state index is 6.04. The van der Waals surface area contributed by atoms with Crippen molar-refractivity contribution in [3.63, 3.8) is 0 Å².